The average molecular weight is 1120 g/mol. The summed E-state index contributed by atoms with van der Waals surface area (Å²) in [5, 5.41) is 47.9. The number of hydrogen-bond acceptors (Lipinski definition) is 16. The van der Waals surface area contributed by atoms with E-state index in [0.717, 1.165) is 56.9 Å². The van der Waals surface area contributed by atoms with Gasteiger partial charge in [0, 0.05) is 59.3 Å². The van der Waals surface area contributed by atoms with Crippen LogP contribution in [-0.2, 0) is 47.7 Å². The number of urea groups is 1. The lowest BCUT2D eigenvalue weighted by atomic mass is 9.42. The number of cyclic esters (lactones) is 1. The molecule has 0 spiro atoms. The second-order valence-corrected chi connectivity index (χ2v) is 24.3. The number of nitrogens with zero attached hydrogens (tertiary/aromatic N) is 2. The highest BCUT2D eigenvalue weighted by Gasteiger charge is 2.71. The van der Waals surface area contributed by atoms with Gasteiger partial charge in [0.1, 0.15) is 25.5 Å². The van der Waals surface area contributed by atoms with E-state index in [4.69, 9.17) is 28.7 Å². The molecule has 0 radical (unpaired) electrons. The first-order valence-electron chi connectivity index (χ1n) is 28.7. The molecule has 0 bridgehead atoms. The number of hydrogen-bond donors (Lipinski definition) is 7. The van der Waals surface area contributed by atoms with E-state index in [2.05, 4.69) is 28.2 Å². The molecule has 1 aromatic rings. The van der Waals surface area contributed by atoms with Crippen molar-refractivity contribution >= 4 is 58.9 Å². The summed E-state index contributed by atoms with van der Waals surface area (Å²) < 4.78 is 26.9. The van der Waals surface area contributed by atoms with Crippen LogP contribution < -0.4 is 21.3 Å². The minimum atomic E-state index is -1.03. The maximum absolute atomic E-state index is 13.3. The lowest BCUT2D eigenvalue weighted by molar-refractivity contribution is -0.243. The number of fused-ring (bicyclic) bond motifs is 6. The Morgan fingerprint density at radius 1 is 0.873 bits per heavy atom. The van der Waals surface area contributed by atoms with E-state index < -0.39 is 17.1 Å². The van der Waals surface area contributed by atoms with Gasteiger partial charge in [-0.25, -0.2) is 9.59 Å². The molecule has 12 atom stereocenters. The number of unbranched alkanes of at least 4 members (excludes halogenated alkanes) is 1. The van der Waals surface area contributed by atoms with Crippen molar-refractivity contribution in [2.75, 3.05) is 71.7 Å². The van der Waals surface area contributed by atoms with Gasteiger partial charge in [0.25, 0.3) is 0 Å². The molecule has 3 heterocycles. The summed E-state index contributed by atoms with van der Waals surface area (Å²) >= 11 is 1.74. The highest BCUT2D eigenvalue weighted by atomic mass is 32.2. The maximum Gasteiger partial charge on any atom is 0.331 e. The number of aliphatic imine (C=N–C) groups is 1. The molecular weight excluding hydrogens is 1040 g/mol. The normalized spacial score (nSPS) is 32.1. The zero-order chi connectivity index (χ0) is 56.3. The first kappa shape index (κ1) is 60.0. The predicted molar refractivity (Wildman–Crippen MR) is 295 cm³/mol. The van der Waals surface area contributed by atoms with Gasteiger partial charge in [0.15, 0.2) is 0 Å². The van der Waals surface area contributed by atoms with Crippen LogP contribution in [0, 0.1) is 34.5 Å². The molecule has 6 fully saturated rings. The number of aliphatic hydroxyl groups excluding tert-OH is 2. The van der Waals surface area contributed by atoms with Crippen LogP contribution in [-0.4, -0.2) is 168 Å². The van der Waals surface area contributed by atoms with Crippen molar-refractivity contribution in [3.05, 3.63) is 53.4 Å². The Morgan fingerprint density at radius 2 is 1.61 bits per heavy atom. The number of esters is 2. The fourth-order valence-electron chi connectivity index (χ4n) is 14.3. The lowest BCUT2D eigenvalue weighted by Gasteiger charge is -2.65. The molecule has 1 aromatic carbocycles. The van der Waals surface area contributed by atoms with E-state index in [0.29, 0.717) is 88.0 Å². The minimum absolute atomic E-state index is 0.0194. The number of benzene rings is 1. The fraction of sp³-hybridized carbons (Fsp3) is 0.707. The summed E-state index contributed by atoms with van der Waals surface area (Å²) in [4.78, 5) is 81.2. The second-order valence-electron chi connectivity index (χ2n) is 23.0. The number of ether oxygens (including phenoxy) is 5. The van der Waals surface area contributed by atoms with Crippen LogP contribution in [0.4, 0.5) is 4.79 Å². The average Bonchev–Trinajstić information content (AvgIpc) is 2.89. The van der Waals surface area contributed by atoms with E-state index in [-0.39, 0.29) is 133 Å². The van der Waals surface area contributed by atoms with Crippen molar-refractivity contribution in [1.29, 1.82) is 0 Å². The van der Waals surface area contributed by atoms with E-state index in [9.17, 15) is 44.1 Å². The molecule has 3 aliphatic heterocycles. The number of thioether (sulfide) groups is 1. The standard InChI is InChI=1S/C58H84N6O14S/c1-5-77-50(69)18-15-36(2)61-52(37-11-7-6-8-12-37)54(71)64-44-35-79-45(53(44)63-55(64)72)13-9-10-14-47(66)59-23-25-74-27-28-75-26-24-60-48(67)33-76-34-49(68)62-40-19-21-56(3)39(30-40)16-17-42-43(56)31-46(65)57(4)41(20-22-58(42,57)73)38-29-51(70)78-32-38/h6-8,11-12,29,39-46,53,65,71,73H,5,9-10,13-28,30-35H2,1-4H3,(H,59,66)(H,60,67)(H,62,68)(H,63,72)/b54-52-,61-36+. The van der Waals surface area contributed by atoms with Crippen molar-refractivity contribution in [3.8, 4) is 0 Å². The topological polar surface area (TPSA) is 273 Å². The van der Waals surface area contributed by atoms with Crippen molar-refractivity contribution in [3.63, 3.8) is 0 Å². The van der Waals surface area contributed by atoms with Gasteiger partial charge in [0.05, 0.1) is 63.2 Å². The van der Waals surface area contributed by atoms with Gasteiger partial charge in [-0.15, -0.1) is 0 Å². The molecule has 8 rings (SSSR count). The lowest BCUT2D eigenvalue weighted by Crippen LogP contribution is -2.67. The first-order chi connectivity index (χ1) is 38.0. The Hall–Kier alpha value is -5.06. The van der Waals surface area contributed by atoms with Gasteiger partial charge in [-0.05, 0) is 119 Å². The van der Waals surface area contributed by atoms with Crippen LogP contribution in [0.3, 0.4) is 0 Å². The van der Waals surface area contributed by atoms with Gasteiger partial charge in [0.2, 0.25) is 23.6 Å². The maximum atomic E-state index is 13.3. The van der Waals surface area contributed by atoms with Crippen molar-refractivity contribution in [1.82, 2.24) is 26.2 Å². The fourth-order valence-corrected chi connectivity index (χ4v) is 15.9. The predicted octanol–water partition coefficient (Wildman–Crippen LogP) is 5.11. The van der Waals surface area contributed by atoms with Gasteiger partial charge < -0.3 is 60.3 Å². The summed E-state index contributed by atoms with van der Waals surface area (Å²) in [6.07, 6.45) is 10.2. The molecule has 4 saturated carbocycles. The number of amides is 5. The number of rotatable bonds is 27. The molecule has 2 saturated heterocycles. The molecule has 7 N–H and O–H groups in total. The largest absolute Gasteiger partial charge is 0.493 e. The van der Waals surface area contributed by atoms with E-state index in [1.807, 2.05) is 37.3 Å². The van der Waals surface area contributed by atoms with Gasteiger partial charge in [-0.1, -0.05) is 50.6 Å². The Kier molecular flexibility index (Phi) is 20.6. The highest BCUT2D eigenvalue weighted by Crippen LogP contribution is 2.70. The summed E-state index contributed by atoms with van der Waals surface area (Å²) in [5.41, 5.74) is 0.548. The smallest absolute Gasteiger partial charge is 0.331 e. The molecular formula is C58H84N6O14S. The van der Waals surface area contributed by atoms with Crippen molar-refractivity contribution in [2.24, 2.45) is 39.5 Å². The third-order valence-electron chi connectivity index (χ3n) is 18.5. The Bertz CT molecular complexity index is 2440. The van der Waals surface area contributed by atoms with Crippen LogP contribution >= 0.6 is 11.8 Å². The minimum Gasteiger partial charge on any atom is -0.493 e. The molecule has 12 unspecified atom stereocenters. The third-order valence-corrected chi connectivity index (χ3v) is 20.0. The second kappa shape index (κ2) is 27.1. The van der Waals surface area contributed by atoms with E-state index in [1.165, 1.54) is 4.90 Å². The van der Waals surface area contributed by atoms with Gasteiger partial charge in [-0.2, -0.15) is 11.8 Å². The summed E-state index contributed by atoms with van der Waals surface area (Å²) in [7, 11) is 0. The number of aliphatic hydroxyl groups is 3. The van der Waals surface area contributed by atoms with Crippen molar-refractivity contribution in [2.45, 2.75) is 153 Å². The van der Waals surface area contributed by atoms with Crippen LogP contribution in [0.15, 0.2) is 52.9 Å². The molecule has 79 heavy (non-hydrogen) atoms. The Balaban J connectivity index is 0.632. The first-order valence-corrected chi connectivity index (χ1v) is 29.7. The van der Waals surface area contributed by atoms with Gasteiger partial charge >= 0.3 is 18.0 Å². The molecule has 7 aliphatic rings. The van der Waals surface area contributed by atoms with Crippen LogP contribution in [0.5, 0.6) is 0 Å². The number of carbonyl (C=O) groups is 6. The Morgan fingerprint density at radius 3 is 2.33 bits per heavy atom. The molecule has 436 valence electrons. The van der Waals surface area contributed by atoms with Gasteiger partial charge in [-0.3, -0.25) is 29.1 Å². The van der Waals surface area contributed by atoms with Crippen LogP contribution in [0.25, 0.3) is 5.70 Å². The number of nitrogens with one attached hydrogen (secondary N) is 4. The van der Waals surface area contributed by atoms with Crippen LogP contribution in [0.1, 0.15) is 123 Å². The van der Waals surface area contributed by atoms with Crippen LogP contribution in [0.2, 0.25) is 0 Å². The molecule has 5 amide bonds. The summed E-state index contributed by atoms with van der Waals surface area (Å²) in [5.74, 6) is -0.531. The third kappa shape index (κ3) is 13.8. The molecule has 20 nitrogen and oxygen atoms in total. The molecule has 4 aliphatic carbocycles. The highest BCUT2D eigenvalue weighted by molar-refractivity contribution is 8.00. The summed E-state index contributed by atoms with van der Waals surface area (Å²) in [6, 6.07) is 8.30. The van der Waals surface area contributed by atoms with E-state index in [1.54, 1.807) is 31.7 Å². The zero-order valence-electron chi connectivity index (χ0n) is 46.5. The SMILES string of the molecule is CCOC(=O)CC/C(C)=N/C(=C(\O)N1C(=O)NC2C(CCCCC(=O)NCCOCCOCCNC(=O)COCC(=O)NC3CCC4(C)C(CCC5C4CC(O)C4(C)C(C6=CC(=O)OC6)CCC54O)C3)SCC21)c1ccccc1. The zero-order valence-corrected chi connectivity index (χ0v) is 47.3. The van der Waals surface area contributed by atoms with E-state index >= 15 is 0 Å². The Labute approximate surface area is 468 Å². The van der Waals surface area contributed by atoms with Crippen molar-refractivity contribution < 1.29 is 67.8 Å². The molecule has 0 aromatic heterocycles. The quantitative estimate of drug-likeness (QED) is 0.0198. The monoisotopic (exact) mass is 1120 g/mol. The number of carbonyl (C=O) groups excluding carboxylic acids is 6. The molecule has 21 heteroatoms. The summed E-state index contributed by atoms with van der Waals surface area (Å²) in [6.45, 7) is 9.72.